The summed E-state index contributed by atoms with van der Waals surface area (Å²) in [6.07, 6.45) is 11.3. The normalized spacial score (nSPS) is 12.4. The Hall–Kier alpha value is -0.420. The molecule has 0 saturated carbocycles. The minimum absolute atomic E-state index is 0.563. The molecule has 120 valence electrons. The van der Waals surface area contributed by atoms with Crippen LogP contribution in [0, 0.1) is 0 Å². The number of unbranched alkanes of at least 4 members (excludes halogenated alkanes) is 4. The van der Waals surface area contributed by atoms with Crippen molar-refractivity contribution in [2.24, 2.45) is 0 Å². The van der Waals surface area contributed by atoms with E-state index in [1.165, 1.54) is 6.42 Å². The lowest BCUT2D eigenvalue weighted by atomic mass is 10.2. The van der Waals surface area contributed by atoms with Crippen LogP contribution in [-0.4, -0.2) is 19.0 Å². The molecule has 0 bridgehead atoms. The molecule has 0 fully saturated rings. The minimum Gasteiger partial charge on any atom is -0.233 e. The number of hydrogen-bond acceptors (Lipinski definition) is 4. The van der Waals surface area contributed by atoms with Crippen LogP contribution in [0.25, 0.3) is 0 Å². The van der Waals surface area contributed by atoms with Gasteiger partial charge in [0.1, 0.15) is 0 Å². The maximum absolute atomic E-state index is 5.36. The van der Waals surface area contributed by atoms with Crippen molar-refractivity contribution in [1.82, 2.24) is 0 Å². The molecule has 0 atom stereocenters. The van der Waals surface area contributed by atoms with Gasteiger partial charge in [0.25, 0.3) is 0 Å². The third-order valence-corrected chi connectivity index (χ3v) is 2.76. The van der Waals surface area contributed by atoms with E-state index < -0.39 is 5.79 Å². The van der Waals surface area contributed by atoms with Gasteiger partial charge in [0, 0.05) is 0 Å². The Balaban J connectivity index is 4.15. The van der Waals surface area contributed by atoms with E-state index >= 15 is 0 Å². The topological polar surface area (TPSA) is 36.9 Å². The van der Waals surface area contributed by atoms with Gasteiger partial charge in [0.2, 0.25) is 5.79 Å². The zero-order valence-corrected chi connectivity index (χ0v) is 13.7. The lowest BCUT2D eigenvalue weighted by molar-refractivity contribution is -0.490. The number of allylic oxidation sites excluding steroid dienone is 1. The van der Waals surface area contributed by atoms with Crippen molar-refractivity contribution < 1.29 is 19.6 Å². The van der Waals surface area contributed by atoms with Crippen molar-refractivity contribution in [3.05, 3.63) is 12.2 Å². The van der Waals surface area contributed by atoms with Gasteiger partial charge in [-0.1, -0.05) is 52.5 Å². The highest BCUT2D eigenvalue weighted by molar-refractivity contribution is 4.92. The number of hydrogen-bond donors (Lipinski definition) is 0. The van der Waals surface area contributed by atoms with Crippen LogP contribution in [0.1, 0.15) is 72.6 Å². The van der Waals surface area contributed by atoms with Crippen molar-refractivity contribution in [2.45, 2.75) is 78.4 Å². The highest BCUT2D eigenvalue weighted by atomic mass is 17.3. The molecule has 0 heterocycles. The van der Waals surface area contributed by atoms with E-state index in [0.717, 1.165) is 38.5 Å². The van der Waals surface area contributed by atoms with Gasteiger partial charge in [-0.2, -0.15) is 9.78 Å². The van der Waals surface area contributed by atoms with Gasteiger partial charge < -0.3 is 0 Å². The Morgan fingerprint density at radius 3 is 1.75 bits per heavy atom. The maximum Gasteiger partial charge on any atom is 0.249 e. The first-order valence-electron chi connectivity index (χ1n) is 7.97. The van der Waals surface area contributed by atoms with Crippen LogP contribution in [-0.2, 0) is 19.6 Å². The largest absolute Gasteiger partial charge is 0.249 e. The predicted molar refractivity (Wildman–Crippen MR) is 81.0 cm³/mol. The second-order valence-corrected chi connectivity index (χ2v) is 5.08. The van der Waals surface area contributed by atoms with E-state index in [1.807, 2.05) is 6.08 Å². The van der Waals surface area contributed by atoms with Crippen molar-refractivity contribution in [3.8, 4) is 0 Å². The van der Waals surface area contributed by atoms with Gasteiger partial charge in [0.05, 0.1) is 13.2 Å². The average Bonchev–Trinajstić information content (AvgIpc) is 2.45. The average molecular weight is 288 g/mol. The van der Waals surface area contributed by atoms with E-state index in [4.69, 9.17) is 19.6 Å². The zero-order valence-electron chi connectivity index (χ0n) is 13.7. The van der Waals surface area contributed by atoms with E-state index in [-0.39, 0.29) is 0 Å². The van der Waals surface area contributed by atoms with Crippen molar-refractivity contribution in [3.63, 3.8) is 0 Å². The van der Waals surface area contributed by atoms with Crippen molar-refractivity contribution >= 4 is 0 Å². The van der Waals surface area contributed by atoms with Gasteiger partial charge in [-0.15, -0.1) is 0 Å². The molecule has 0 spiro atoms. The fourth-order valence-electron chi connectivity index (χ4n) is 1.41. The van der Waals surface area contributed by atoms with Gasteiger partial charge in [-0.3, -0.25) is 0 Å². The fraction of sp³-hybridized carbons (Fsp3) is 0.875. The summed E-state index contributed by atoms with van der Waals surface area (Å²) < 4.78 is 0. The van der Waals surface area contributed by atoms with Crippen molar-refractivity contribution in [1.29, 1.82) is 0 Å². The van der Waals surface area contributed by atoms with Gasteiger partial charge in [0.15, 0.2) is 0 Å². The summed E-state index contributed by atoms with van der Waals surface area (Å²) in [6.45, 7) is 9.31. The summed E-state index contributed by atoms with van der Waals surface area (Å²) in [7, 11) is 0. The Morgan fingerprint density at radius 2 is 1.30 bits per heavy atom. The van der Waals surface area contributed by atoms with Crippen LogP contribution in [0.5, 0.6) is 0 Å². The molecule has 0 aliphatic rings. The summed E-state index contributed by atoms with van der Waals surface area (Å²) in [6, 6.07) is 0. The van der Waals surface area contributed by atoms with Crippen molar-refractivity contribution in [2.75, 3.05) is 13.2 Å². The lowest BCUT2D eigenvalue weighted by Crippen LogP contribution is -2.30. The van der Waals surface area contributed by atoms with Gasteiger partial charge in [-0.05, 0) is 32.3 Å². The Bertz CT molecular complexity index is 217. The monoisotopic (exact) mass is 288 g/mol. The first-order chi connectivity index (χ1) is 9.68. The first-order valence-corrected chi connectivity index (χ1v) is 7.97. The summed E-state index contributed by atoms with van der Waals surface area (Å²) in [5, 5.41) is 0. The molecule has 4 nitrogen and oxygen atoms in total. The van der Waals surface area contributed by atoms with Crippen LogP contribution in [0.4, 0.5) is 0 Å². The molecule has 0 amide bonds. The van der Waals surface area contributed by atoms with E-state index in [0.29, 0.717) is 13.2 Å². The van der Waals surface area contributed by atoms with Crippen LogP contribution >= 0.6 is 0 Å². The molecule has 0 unspecified atom stereocenters. The van der Waals surface area contributed by atoms with E-state index in [2.05, 4.69) is 26.8 Å². The molecule has 0 rings (SSSR count). The standard InChI is InChI=1S/C16H32O4/c1-5-8-11-12-13-16(4,19-17-14-9-6-2)20-18-15-10-7-3/h12-13H,5-11,14-15H2,1-4H3. The molecule has 0 aromatic heterocycles. The van der Waals surface area contributed by atoms with Crippen LogP contribution in [0.15, 0.2) is 12.2 Å². The molecule has 0 aliphatic heterocycles. The minimum atomic E-state index is -0.977. The predicted octanol–water partition coefficient (Wildman–Crippen LogP) is 4.95. The van der Waals surface area contributed by atoms with E-state index in [1.54, 1.807) is 6.92 Å². The molecular formula is C16H32O4. The number of rotatable bonds is 14. The SMILES string of the molecule is CCCCC=CC(C)(OOCCCC)OOCCCC. The zero-order chi connectivity index (χ0) is 15.1. The first kappa shape index (κ1) is 19.6. The van der Waals surface area contributed by atoms with Gasteiger partial charge in [-0.25, -0.2) is 9.78 Å². The van der Waals surface area contributed by atoms with E-state index in [9.17, 15) is 0 Å². The maximum atomic E-state index is 5.36. The Labute approximate surface area is 124 Å². The fourth-order valence-corrected chi connectivity index (χ4v) is 1.41. The molecule has 0 N–H and O–H groups in total. The summed E-state index contributed by atoms with van der Waals surface area (Å²) >= 11 is 0. The highest BCUT2D eigenvalue weighted by Gasteiger charge is 2.25. The molecule has 0 aromatic carbocycles. The molecular weight excluding hydrogens is 256 g/mol. The molecule has 0 radical (unpaired) electrons. The highest BCUT2D eigenvalue weighted by Crippen LogP contribution is 2.17. The van der Waals surface area contributed by atoms with Crippen LogP contribution < -0.4 is 0 Å². The Morgan fingerprint density at radius 1 is 0.800 bits per heavy atom. The van der Waals surface area contributed by atoms with Gasteiger partial charge >= 0.3 is 0 Å². The quantitative estimate of drug-likeness (QED) is 0.149. The summed E-state index contributed by atoms with van der Waals surface area (Å²) in [4.78, 5) is 21.1. The summed E-state index contributed by atoms with van der Waals surface area (Å²) in [5.74, 6) is -0.977. The molecule has 0 aliphatic carbocycles. The summed E-state index contributed by atoms with van der Waals surface area (Å²) in [5.41, 5.74) is 0. The molecule has 20 heavy (non-hydrogen) atoms. The van der Waals surface area contributed by atoms with Crippen LogP contribution in [0.3, 0.4) is 0 Å². The lowest BCUT2D eigenvalue weighted by Gasteiger charge is -2.23. The van der Waals surface area contributed by atoms with Crippen LogP contribution in [0.2, 0.25) is 0 Å². The molecule has 4 heteroatoms. The third-order valence-electron chi connectivity index (χ3n) is 2.76. The second-order valence-electron chi connectivity index (χ2n) is 5.08. The Kier molecular flexibility index (Phi) is 13.3. The molecule has 0 aromatic rings. The third kappa shape index (κ3) is 11.4. The molecule has 0 saturated heterocycles. The smallest absolute Gasteiger partial charge is 0.233 e. The second kappa shape index (κ2) is 13.6.